The largest absolute Gasteiger partial charge is 0.423 e. The van der Waals surface area contributed by atoms with Crippen LogP contribution in [0.3, 0.4) is 0 Å². The Morgan fingerprint density at radius 3 is 0.887 bits per heavy atom. The van der Waals surface area contributed by atoms with E-state index in [1.807, 2.05) is 43.3 Å². The summed E-state index contributed by atoms with van der Waals surface area (Å²) in [6, 6.07) is 32.0. The fourth-order valence-corrected chi connectivity index (χ4v) is 4.50. The molecule has 5 aromatic carbocycles. The summed E-state index contributed by atoms with van der Waals surface area (Å²) in [5.74, 6) is -1.07. The molecule has 0 bridgehead atoms. The van der Waals surface area contributed by atoms with Crippen LogP contribution in [0.4, 0.5) is 4.39 Å². The summed E-state index contributed by atoms with van der Waals surface area (Å²) in [7, 11) is 0. The lowest BCUT2D eigenvalue weighted by atomic mass is 10.0. The fourth-order valence-electron chi connectivity index (χ4n) is 4.50. The highest BCUT2D eigenvalue weighted by Crippen LogP contribution is 2.29. The molecule has 0 amide bonds. The number of ether oxygens (including phenoxy) is 5. The van der Waals surface area contributed by atoms with Crippen LogP contribution in [0.15, 0.2) is 176 Å². The molecule has 0 radical (unpaired) electrons. The van der Waals surface area contributed by atoms with Crippen LogP contribution in [-0.2, 0) is 24.0 Å². The van der Waals surface area contributed by atoms with Gasteiger partial charge in [0, 0.05) is 39.5 Å². The highest BCUT2D eigenvalue weighted by molar-refractivity contribution is 5.91. The summed E-state index contributed by atoms with van der Waals surface area (Å²) in [6.45, 7) is 27.4. The summed E-state index contributed by atoms with van der Waals surface area (Å²) >= 11 is 0. The molecule has 5 aromatic rings. The number of aryl methyl sites for hydroxylation is 1. The first kappa shape index (κ1) is 48.4. The Hall–Kier alpha value is -7.92. The first-order valence-electron chi connectivity index (χ1n) is 18.8. The molecule has 5 rings (SSSR count). The van der Waals surface area contributed by atoms with Crippen molar-refractivity contribution in [3.05, 3.63) is 187 Å². The normalized spacial score (nSPS) is 9.85. The summed E-state index contributed by atoms with van der Waals surface area (Å²) in [4.78, 5) is 56.9. The van der Waals surface area contributed by atoms with Gasteiger partial charge in [-0.25, -0.2) is 28.4 Å². The van der Waals surface area contributed by atoms with Gasteiger partial charge in [0.1, 0.15) is 34.6 Å². The summed E-state index contributed by atoms with van der Waals surface area (Å²) in [5, 5.41) is 0. The minimum atomic E-state index is -0.615. The summed E-state index contributed by atoms with van der Waals surface area (Å²) in [6.07, 6.45) is 0. The minimum absolute atomic E-state index is 0.0984. The third kappa shape index (κ3) is 15.7. The Kier molecular flexibility index (Phi) is 18.0. The van der Waals surface area contributed by atoms with Gasteiger partial charge in [-0.05, 0) is 119 Å². The molecule has 0 unspecified atom stereocenters. The van der Waals surface area contributed by atoms with Crippen LogP contribution in [0, 0.1) is 12.7 Å². The van der Waals surface area contributed by atoms with E-state index in [0.717, 1.165) is 22.8 Å². The molecule has 0 aromatic heterocycles. The smallest absolute Gasteiger partial charge is 0.338 e. The average molecular weight is 839 g/mol. The van der Waals surface area contributed by atoms with Crippen molar-refractivity contribution in [2.75, 3.05) is 0 Å². The lowest BCUT2D eigenvalue weighted by Crippen LogP contribution is -2.08. The highest BCUT2D eigenvalue weighted by atomic mass is 19.1. The molecule has 318 valence electrons. The molecule has 10 nitrogen and oxygen atoms in total. The van der Waals surface area contributed by atoms with Crippen LogP contribution in [0.25, 0.3) is 22.3 Å². The average Bonchev–Trinajstić information content (AvgIpc) is 3.23. The molecule has 0 saturated carbocycles. The van der Waals surface area contributed by atoms with Crippen molar-refractivity contribution in [3.8, 4) is 51.0 Å². The lowest BCUT2D eigenvalue weighted by molar-refractivity contribution is -0.130. The zero-order valence-electron chi connectivity index (χ0n) is 35.5. The Balaban J connectivity index is 0.000000260. The maximum absolute atomic E-state index is 14.3. The quantitative estimate of drug-likeness (QED) is 0.0679. The molecule has 0 N–H and O–H groups in total. The molecule has 0 aliphatic rings. The number of carbonyl (C=O) groups is 5. The van der Waals surface area contributed by atoms with Crippen molar-refractivity contribution in [1.82, 2.24) is 0 Å². The molecule has 0 heterocycles. The van der Waals surface area contributed by atoms with Crippen LogP contribution in [0.2, 0.25) is 0 Å². The van der Waals surface area contributed by atoms with E-state index in [4.69, 9.17) is 23.7 Å². The zero-order valence-corrected chi connectivity index (χ0v) is 35.5. The number of hydrogen-bond donors (Lipinski definition) is 0. The second-order valence-corrected chi connectivity index (χ2v) is 13.9. The molecule has 0 saturated heterocycles. The SMILES string of the molecule is C=C(C)C(=O)Oc1ccc(-c2ccc(OC(=O)C(=C)C)cc2)cc1.C=C(C)C(=O)Oc1ccc(-c2ccc(OC(=O)C(=C)C)cc2F)cc1.C=C(C)C(=O)Oc1ccc(C)cc1. The first-order chi connectivity index (χ1) is 29.2. The van der Waals surface area contributed by atoms with E-state index >= 15 is 0 Å². The number of carbonyl (C=O) groups excluding carboxylic acids is 5. The van der Waals surface area contributed by atoms with Gasteiger partial charge in [-0.2, -0.15) is 0 Å². The third-order valence-corrected chi connectivity index (χ3v) is 7.96. The highest BCUT2D eigenvalue weighted by Gasteiger charge is 2.12. The van der Waals surface area contributed by atoms with Gasteiger partial charge in [0.25, 0.3) is 0 Å². The van der Waals surface area contributed by atoms with Gasteiger partial charge in [0.2, 0.25) is 0 Å². The lowest BCUT2D eigenvalue weighted by Gasteiger charge is -2.08. The van der Waals surface area contributed by atoms with Crippen molar-refractivity contribution in [2.24, 2.45) is 0 Å². The fraction of sp³-hybridized carbons (Fsp3) is 0.118. The van der Waals surface area contributed by atoms with E-state index in [1.54, 1.807) is 88.4 Å². The summed E-state index contributed by atoms with van der Waals surface area (Å²) in [5.41, 5.74) is 5.55. The predicted octanol–water partition coefficient (Wildman–Crippen LogP) is 11.2. The second kappa shape index (κ2) is 23.0. The van der Waals surface area contributed by atoms with Crippen LogP contribution >= 0.6 is 0 Å². The maximum atomic E-state index is 14.3. The maximum Gasteiger partial charge on any atom is 0.338 e. The minimum Gasteiger partial charge on any atom is -0.423 e. The van der Waals surface area contributed by atoms with E-state index in [-0.39, 0.29) is 22.9 Å². The van der Waals surface area contributed by atoms with Crippen molar-refractivity contribution in [1.29, 1.82) is 0 Å². The van der Waals surface area contributed by atoms with E-state index in [9.17, 15) is 28.4 Å². The van der Waals surface area contributed by atoms with Crippen LogP contribution in [0.5, 0.6) is 28.7 Å². The van der Waals surface area contributed by atoms with Gasteiger partial charge < -0.3 is 23.7 Å². The molecule has 11 heteroatoms. The van der Waals surface area contributed by atoms with Crippen molar-refractivity contribution in [2.45, 2.75) is 41.5 Å². The number of benzene rings is 5. The van der Waals surface area contributed by atoms with E-state index in [0.29, 0.717) is 50.8 Å². The van der Waals surface area contributed by atoms with Crippen LogP contribution in [-0.4, -0.2) is 29.8 Å². The Bertz CT molecular complexity index is 2420. The molecular formula is C51H47FO10. The standard InChI is InChI=1S/C20H17FO4.C20H18O4.C11H12O2/c1-12(2)19(22)24-15-7-5-14(6-8-15)17-10-9-16(11-18(17)21)25-20(23)13(3)4;1-13(2)19(21)23-17-9-5-15(6-10-17)16-7-11-18(12-8-16)24-20(22)14(3)4;1-8(2)11(12)13-10-6-4-9(3)5-7-10/h5-11H,1,3H2,2,4H3;5-12H,1,3H2,2,4H3;4-7H,1H2,2-3H3. The van der Waals surface area contributed by atoms with Gasteiger partial charge in [-0.3, -0.25) is 0 Å². The van der Waals surface area contributed by atoms with Gasteiger partial charge in [-0.15, -0.1) is 0 Å². The van der Waals surface area contributed by atoms with E-state index in [2.05, 4.69) is 32.9 Å². The van der Waals surface area contributed by atoms with Crippen molar-refractivity contribution >= 4 is 29.8 Å². The Morgan fingerprint density at radius 2 is 0.613 bits per heavy atom. The number of hydrogen-bond acceptors (Lipinski definition) is 10. The molecular weight excluding hydrogens is 792 g/mol. The van der Waals surface area contributed by atoms with Crippen molar-refractivity contribution in [3.63, 3.8) is 0 Å². The number of esters is 5. The van der Waals surface area contributed by atoms with Gasteiger partial charge in [-0.1, -0.05) is 87.0 Å². The molecule has 0 atom stereocenters. The monoisotopic (exact) mass is 838 g/mol. The summed E-state index contributed by atoms with van der Waals surface area (Å²) < 4.78 is 39.7. The molecule has 0 fully saturated rings. The Morgan fingerprint density at radius 1 is 0.371 bits per heavy atom. The molecule has 0 aliphatic carbocycles. The number of halogens is 1. The number of rotatable bonds is 12. The third-order valence-electron chi connectivity index (χ3n) is 7.96. The molecule has 62 heavy (non-hydrogen) atoms. The van der Waals surface area contributed by atoms with Gasteiger partial charge in [0.15, 0.2) is 0 Å². The topological polar surface area (TPSA) is 132 Å². The van der Waals surface area contributed by atoms with Crippen LogP contribution < -0.4 is 23.7 Å². The van der Waals surface area contributed by atoms with E-state index in [1.165, 1.54) is 19.1 Å². The zero-order chi connectivity index (χ0) is 46.1. The molecule has 0 aliphatic heterocycles. The van der Waals surface area contributed by atoms with E-state index < -0.39 is 29.7 Å². The first-order valence-corrected chi connectivity index (χ1v) is 18.8. The second-order valence-electron chi connectivity index (χ2n) is 13.9. The van der Waals surface area contributed by atoms with Crippen molar-refractivity contribution < 1.29 is 52.0 Å². The van der Waals surface area contributed by atoms with Gasteiger partial charge >= 0.3 is 29.8 Å². The van der Waals surface area contributed by atoms with Gasteiger partial charge in [0.05, 0.1) is 0 Å². The van der Waals surface area contributed by atoms with Crippen LogP contribution in [0.1, 0.15) is 40.2 Å². The Labute approximate surface area is 360 Å². The molecule has 0 spiro atoms. The predicted molar refractivity (Wildman–Crippen MR) is 237 cm³/mol.